The molecule has 1 aromatic heterocycles. The van der Waals surface area contributed by atoms with E-state index in [1.165, 1.54) is 4.98 Å². The van der Waals surface area contributed by atoms with Crippen LogP contribution in [-0.4, -0.2) is 57.7 Å². The van der Waals surface area contributed by atoms with Gasteiger partial charge in [-0.1, -0.05) is 0 Å². The number of phosphoric acid groups is 3. The number of aromatic nitrogens is 2. The molecule has 3 unspecified atom stereocenters. The first-order chi connectivity index (χ1) is 15.5. The van der Waals surface area contributed by atoms with Crippen molar-refractivity contribution in [3.63, 3.8) is 0 Å². The number of hydrogen-bond acceptors (Lipinski definition) is 10. The lowest BCUT2D eigenvalue weighted by Crippen LogP contribution is -2.49. The summed E-state index contributed by atoms with van der Waals surface area (Å²) in [5, 5.41) is 10.5. The zero-order valence-corrected chi connectivity index (χ0v) is 20.4. The van der Waals surface area contributed by atoms with E-state index < -0.39 is 75.9 Å². The summed E-state index contributed by atoms with van der Waals surface area (Å²) < 4.78 is 81.4. The average molecular weight is 570 g/mol. The molecule has 0 aliphatic carbocycles. The second-order valence-corrected chi connectivity index (χ2v) is 12.1. The van der Waals surface area contributed by atoms with Crippen molar-refractivity contribution < 1.29 is 65.0 Å². The van der Waals surface area contributed by atoms with Crippen LogP contribution in [0.4, 0.5) is 8.78 Å². The monoisotopic (exact) mass is 570 g/mol. The Bertz CT molecular complexity index is 1310. The largest absolute Gasteiger partial charge is 0.490 e. The maximum Gasteiger partial charge on any atom is 0.490 e. The Kier molecular flexibility index (Phi) is 7.95. The molecular formula is C14H19F2N2O14P3. The number of hydrogen-bond donors (Lipinski definition) is 6. The summed E-state index contributed by atoms with van der Waals surface area (Å²) in [5.41, 5.74) is -9.35. The highest BCUT2D eigenvalue weighted by atomic mass is 31.3. The number of H-pyrrole nitrogens is 1. The van der Waals surface area contributed by atoms with Gasteiger partial charge < -0.3 is 29.4 Å². The van der Waals surface area contributed by atoms with Gasteiger partial charge in [0.15, 0.2) is 11.9 Å². The fourth-order valence-corrected chi connectivity index (χ4v) is 6.51. The van der Waals surface area contributed by atoms with Gasteiger partial charge in [0.25, 0.3) is 5.56 Å². The molecule has 1 aromatic rings. The third-order valence-electron chi connectivity index (χ3n) is 4.53. The molecule has 16 nitrogen and oxygen atoms in total. The highest BCUT2D eigenvalue weighted by Gasteiger charge is 2.61. The van der Waals surface area contributed by atoms with Crippen molar-refractivity contribution in [1.29, 1.82) is 0 Å². The van der Waals surface area contributed by atoms with Crippen LogP contribution in [0.25, 0.3) is 0 Å². The number of rotatable bonds is 8. The van der Waals surface area contributed by atoms with E-state index in [9.17, 15) is 42.6 Å². The zero-order valence-electron chi connectivity index (χ0n) is 17.8. The van der Waals surface area contributed by atoms with Gasteiger partial charge in [0.1, 0.15) is 23.5 Å². The average Bonchev–Trinajstić information content (AvgIpc) is 2.84. The van der Waals surface area contributed by atoms with Crippen molar-refractivity contribution in [2.45, 2.75) is 50.5 Å². The van der Waals surface area contributed by atoms with Gasteiger partial charge in [0.2, 0.25) is 5.82 Å². The van der Waals surface area contributed by atoms with Crippen molar-refractivity contribution in [3.05, 3.63) is 32.3 Å². The lowest BCUT2D eigenvalue weighted by Gasteiger charge is -2.34. The normalized spacial score (nSPS) is 28.8. The minimum Gasteiger partial charge on any atom is -0.387 e. The summed E-state index contributed by atoms with van der Waals surface area (Å²) in [5.74, 6) is 0.0230. The van der Waals surface area contributed by atoms with Crippen molar-refractivity contribution in [3.8, 4) is 12.3 Å². The summed E-state index contributed by atoms with van der Waals surface area (Å²) in [7, 11) is -17.4. The fraction of sp³-hybridized carbons (Fsp3) is 0.571. The smallest absolute Gasteiger partial charge is 0.387 e. The van der Waals surface area contributed by atoms with Crippen molar-refractivity contribution in [2.24, 2.45) is 0 Å². The Morgan fingerprint density at radius 1 is 1.17 bits per heavy atom. The van der Waals surface area contributed by atoms with Crippen LogP contribution in [0.1, 0.15) is 32.7 Å². The number of halogens is 2. The minimum atomic E-state index is -5.90. The molecule has 1 saturated heterocycles. The maximum atomic E-state index is 15.5. The van der Waals surface area contributed by atoms with Crippen LogP contribution in [0.3, 0.4) is 0 Å². The fourth-order valence-electron chi connectivity index (χ4n) is 3.18. The quantitative estimate of drug-likeness (QED) is 0.175. The topological polar surface area (TPSA) is 244 Å². The molecule has 35 heavy (non-hydrogen) atoms. The van der Waals surface area contributed by atoms with E-state index in [1.807, 2.05) is 0 Å². The molecule has 6 atom stereocenters. The molecule has 2 rings (SSSR count). The van der Waals surface area contributed by atoms with E-state index in [0.29, 0.717) is 6.92 Å². The number of aromatic amines is 1. The Balaban J connectivity index is 2.44. The first-order valence-corrected chi connectivity index (χ1v) is 13.4. The Labute approximate surface area is 193 Å². The number of nitrogens with one attached hydrogen (secondary N) is 1. The van der Waals surface area contributed by atoms with Crippen LogP contribution in [-0.2, 0) is 31.6 Å². The van der Waals surface area contributed by atoms with Gasteiger partial charge in [-0.25, -0.2) is 22.9 Å². The molecule has 1 fully saturated rings. The predicted molar refractivity (Wildman–Crippen MR) is 108 cm³/mol. The van der Waals surface area contributed by atoms with Gasteiger partial charge in [0, 0.05) is 0 Å². The van der Waals surface area contributed by atoms with E-state index >= 15 is 4.39 Å². The molecule has 0 aromatic carbocycles. The van der Waals surface area contributed by atoms with Crippen LogP contribution < -0.4 is 11.2 Å². The van der Waals surface area contributed by atoms with E-state index in [2.05, 4.69) is 13.1 Å². The molecule has 0 radical (unpaired) electrons. The molecule has 0 spiro atoms. The second-order valence-electron chi connectivity index (χ2n) is 7.73. The summed E-state index contributed by atoms with van der Waals surface area (Å²) in [6.07, 6.45) is -1.46. The highest BCUT2D eigenvalue weighted by molar-refractivity contribution is 7.66. The van der Waals surface area contributed by atoms with Crippen molar-refractivity contribution in [2.75, 3.05) is 0 Å². The van der Waals surface area contributed by atoms with E-state index in [4.69, 9.17) is 20.9 Å². The van der Waals surface area contributed by atoms with Crippen LogP contribution in [0.2, 0.25) is 0 Å². The molecule has 1 aliphatic rings. The summed E-state index contributed by atoms with van der Waals surface area (Å²) in [6.45, 7) is 2.45. The number of aliphatic hydroxyl groups is 1. The first kappa shape index (κ1) is 29.7. The predicted octanol–water partition coefficient (Wildman–Crippen LogP) is -0.235. The molecule has 0 saturated carbocycles. The second kappa shape index (κ2) is 9.38. The van der Waals surface area contributed by atoms with Crippen LogP contribution in [0.15, 0.2) is 9.59 Å². The molecule has 1 aliphatic heterocycles. The first-order valence-electron chi connectivity index (χ1n) is 8.92. The van der Waals surface area contributed by atoms with Crippen molar-refractivity contribution in [1.82, 2.24) is 9.55 Å². The standard InChI is InChI=1S/C14H19F2N2O14P3/c1-5-6-7(15)10(20)17-12(21)18(6)11-14(4,16)8(19)9(29-11)13(2,3)30-34(25,26)32-35(27,28)31-33(22,23)24/h1,8-9,11,19H,2-4H3,(H,25,26)(H,27,28)(H,17,20,21)(H2,22,23,24)/t8?,9-,11+,14+/m0/s1. The number of nitrogens with zero attached hydrogens (tertiary/aromatic N) is 1. The van der Waals surface area contributed by atoms with Gasteiger partial charge in [-0.15, -0.1) is 6.42 Å². The lowest BCUT2D eigenvalue weighted by atomic mass is 9.90. The molecule has 6 N–H and O–H groups in total. The van der Waals surface area contributed by atoms with E-state index in [1.54, 1.807) is 5.92 Å². The van der Waals surface area contributed by atoms with Crippen molar-refractivity contribution >= 4 is 23.5 Å². The molecular weight excluding hydrogens is 551 g/mol. The number of phosphoric ester groups is 1. The molecule has 0 bridgehead atoms. The molecule has 198 valence electrons. The molecule has 21 heteroatoms. The highest BCUT2D eigenvalue weighted by Crippen LogP contribution is 2.67. The van der Waals surface area contributed by atoms with Crippen LogP contribution in [0.5, 0.6) is 0 Å². The Hall–Kier alpha value is -1.57. The summed E-state index contributed by atoms with van der Waals surface area (Å²) >= 11 is 0. The zero-order chi connectivity index (χ0) is 27.4. The summed E-state index contributed by atoms with van der Waals surface area (Å²) in [4.78, 5) is 61.4. The van der Waals surface area contributed by atoms with E-state index in [0.717, 1.165) is 13.8 Å². The lowest BCUT2D eigenvalue weighted by molar-refractivity contribution is -0.120. The van der Waals surface area contributed by atoms with Gasteiger partial charge in [-0.3, -0.25) is 18.9 Å². The van der Waals surface area contributed by atoms with Gasteiger partial charge in [-0.05, 0) is 26.7 Å². The summed E-state index contributed by atoms with van der Waals surface area (Å²) in [6, 6.07) is 0. The molecule has 0 amide bonds. The Morgan fingerprint density at radius 3 is 2.20 bits per heavy atom. The number of ether oxygens (including phenoxy) is 1. The van der Waals surface area contributed by atoms with Gasteiger partial charge in [-0.2, -0.15) is 13.0 Å². The minimum absolute atomic E-state index is 0.168. The van der Waals surface area contributed by atoms with Gasteiger partial charge in [0.05, 0.1) is 0 Å². The Morgan fingerprint density at radius 2 is 1.71 bits per heavy atom. The van der Waals surface area contributed by atoms with Crippen LogP contribution >= 0.6 is 23.5 Å². The number of terminal acetylenes is 1. The molecule has 2 heterocycles. The SMILES string of the molecule is C#Cc1c(F)c(=O)[nH]c(=O)n1[C@@H]1O[C@H](C(C)(C)OP(=O)(O)OP(=O)(O)OP(=O)(O)O)C(O)[C@@]1(C)F. The maximum absolute atomic E-state index is 15.5. The third kappa shape index (κ3) is 6.41. The van der Waals surface area contributed by atoms with Crippen LogP contribution in [0, 0.1) is 18.2 Å². The third-order valence-corrected chi connectivity index (χ3v) is 8.56. The number of aliphatic hydroxyl groups excluding tert-OH is 1. The van der Waals surface area contributed by atoms with Gasteiger partial charge >= 0.3 is 29.2 Å². The van der Waals surface area contributed by atoms with E-state index in [-0.39, 0.29) is 4.57 Å². The number of alkyl halides is 1.